The quantitative estimate of drug-likeness (QED) is 0.411. The number of benzene rings is 2. The van der Waals surface area contributed by atoms with Gasteiger partial charge in [-0.15, -0.1) is 9.35 Å². The molecule has 0 aliphatic heterocycles. The third kappa shape index (κ3) is 4.30. The van der Waals surface area contributed by atoms with Gasteiger partial charge >= 0.3 is 7.60 Å². The van der Waals surface area contributed by atoms with Gasteiger partial charge in [-0.25, -0.2) is 14.3 Å². The molecular weight excluding hydrogens is 329 g/mol. The van der Waals surface area contributed by atoms with E-state index in [0.717, 1.165) is 11.1 Å². The van der Waals surface area contributed by atoms with Crippen molar-refractivity contribution < 1.29 is 23.7 Å². The van der Waals surface area contributed by atoms with Crippen LogP contribution >= 0.6 is 7.60 Å². The van der Waals surface area contributed by atoms with Crippen molar-refractivity contribution in [1.29, 1.82) is 5.26 Å². The Labute approximate surface area is 140 Å². The SMILES string of the molecule is CCOOP(=O)(OOCC)c1ccc(-c2ccc[c]c2C#N)cc1. The highest BCUT2D eigenvalue weighted by Crippen LogP contribution is 2.47. The summed E-state index contributed by atoms with van der Waals surface area (Å²) in [6.07, 6.45) is 0. The van der Waals surface area contributed by atoms with Crippen LogP contribution in [0.1, 0.15) is 19.4 Å². The average Bonchev–Trinajstić information content (AvgIpc) is 2.65. The van der Waals surface area contributed by atoms with Crippen LogP contribution in [0.5, 0.6) is 0 Å². The molecule has 0 unspecified atom stereocenters. The number of nitrogens with zero attached hydrogens (tertiary/aromatic N) is 1. The summed E-state index contributed by atoms with van der Waals surface area (Å²) in [5, 5.41) is 9.44. The maximum Gasteiger partial charge on any atom is 0.414 e. The second-order valence-electron chi connectivity index (χ2n) is 4.58. The Bertz CT molecular complexity index is 742. The van der Waals surface area contributed by atoms with E-state index in [-0.39, 0.29) is 18.5 Å². The molecule has 24 heavy (non-hydrogen) atoms. The Morgan fingerprint density at radius 1 is 1.08 bits per heavy atom. The Hall–Kier alpha value is -2.00. The molecule has 0 bridgehead atoms. The molecule has 125 valence electrons. The van der Waals surface area contributed by atoms with Gasteiger partial charge in [-0.1, -0.05) is 30.3 Å². The Morgan fingerprint density at radius 3 is 2.25 bits per heavy atom. The molecule has 0 saturated carbocycles. The number of nitriles is 1. The molecule has 6 nitrogen and oxygen atoms in total. The lowest BCUT2D eigenvalue weighted by molar-refractivity contribution is -0.260. The summed E-state index contributed by atoms with van der Waals surface area (Å²) in [5.74, 6) is 0. The molecule has 0 aliphatic rings. The van der Waals surface area contributed by atoms with E-state index >= 15 is 0 Å². The number of hydrogen-bond donors (Lipinski definition) is 0. The molecule has 0 amide bonds. The van der Waals surface area contributed by atoms with Gasteiger partial charge in [0, 0.05) is 11.6 Å². The van der Waals surface area contributed by atoms with E-state index in [1.807, 2.05) is 6.07 Å². The van der Waals surface area contributed by atoms with Crippen LogP contribution in [-0.4, -0.2) is 13.2 Å². The fraction of sp³-hybridized carbons (Fsp3) is 0.235. The van der Waals surface area contributed by atoms with Gasteiger partial charge in [0.1, 0.15) is 6.07 Å². The lowest BCUT2D eigenvalue weighted by Gasteiger charge is -2.16. The molecule has 0 saturated heterocycles. The summed E-state index contributed by atoms with van der Waals surface area (Å²) in [5.41, 5.74) is 1.95. The Morgan fingerprint density at radius 2 is 1.71 bits per heavy atom. The van der Waals surface area contributed by atoms with Gasteiger partial charge in [0.05, 0.1) is 24.1 Å². The first-order valence-corrected chi connectivity index (χ1v) is 8.93. The van der Waals surface area contributed by atoms with E-state index in [1.165, 1.54) is 0 Å². The minimum absolute atomic E-state index is 0.211. The standard InChI is InChI=1S/C17H17NO5P/c1-3-20-22-24(19,23-21-4-2)16-11-9-14(10-12-16)17-8-6-5-7-15(17)13-18/h5-6,8-12H,3-4H2,1-2H3. The van der Waals surface area contributed by atoms with Crippen molar-refractivity contribution in [2.75, 3.05) is 13.2 Å². The van der Waals surface area contributed by atoms with Gasteiger partial charge in [-0.2, -0.15) is 5.26 Å². The molecule has 2 rings (SSSR count). The predicted molar refractivity (Wildman–Crippen MR) is 88.1 cm³/mol. The molecule has 7 heteroatoms. The molecule has 0 fully saturated rings. The summed E-state index contributed by atoms with van der Waals surface area (Å²) in [6, 6.07) is 16.9. The van der Waals surface area contributed by atoms with E-state index in [1.54, 1.807) is 50.2 Å². The van der Waals surface area contributed by atoms with Crippen molar-refractivity contribution in [2.45, 2.75) is 13.8 Å². The fourth-order valence-corrected chi connectivity index (χ4v) is 3.14. The maximum atomic E-state index is 12.8. The van der Waals surface area contributed by atoms with Gasteiger partial charge < -0.3 is 0 Å². The first kappa shape index (κ1) is 18.3. The first-order valence-electron chi connectivity index (χ1n) is 7.39. The molecule has 0 spiro atoms. The maximum absolute atomic E-state index is 12.8. The van der Waals surface area contributed by atoms with E-state index in [9.17, 15) is 4.57 Å². The lowest BCUT2D eigenvalue weighted by Crippen LogP contribution is -2.11. The summed E-state index contributed by atoms with van der Waals surface area (Å²) in [4.78, 5) is 9.57. The van der Waals surface area contributed by atoms with Gasteiger partial charge in [-0.3, -0.25) is 0 Å². The second-order valence-corrected chi connectivity index (χ2v) is 6.39. The minimum Gasteiger partial charge on any atom is -0.250 e. The molecule has 0 heterocycles. The van der Waals surface area contributed by atoms with E-state index < -0.39 is 7.60 Å². The third-order valence-electron chi connectivity index (χ3n) is 3.00. The minimum atomic E-state index is -3.75. The highest BCUT2D eigenvalue weighted by molar-refractivity contribution is 7.62. The van der Waals surface area contributed by atoms with Crippen molar-refractivity contribution in [3.05, 3.63) is 54.1 Å². The van der Waals surface area contributed by atoms with E-state index in [4.69, 9.17) is 24.4 Å². The van der Waals surface area contributed by atoms with Crippen molar-refractivity contribution in [2.24, 2.45) is 0 Å². The normalized spacial score (nSPS) is 11.2. The predicted octanol–water partition coefficient (Wildman–Crippen LogP) is 3.78. The molecule has 1 radical (unpaired) electrons. The fourth-order valence-electron chi connectivity index (χ4n) is 1.94. The van der Waals surface area contributed by atoms with Crippen LogP contribution in [-0.2, 0) is 23.7 Å². The zero-order valence-electron chi connectivity index (χ0n) is 13.4. The topological polar surface area (TPSA) is 77.8 Å². The number of hydrogen-bond acceptors (Lipinski definition) is 6. The molecule has 0 atom stereocenters. The highest BCUT2D eigenvalue weighted by atomic mass is 31.2. The van der Waals surface area contributed by atoms with Crippen molar-refractivity contribution in [3.8, 4) is 17.2 Å². The average molecular weight is 346 g/mol. The first-order chi connectivity index (χ1) is 11.6. The van der Waals surface area contributed by atoms with Gasteiger partial charge in [-0.05, 0) is 31.5 Å². The number of rotatable bonds is 8. The van der Waals surface area contributed by atoms with Crippen molar-refractivity contribution >= 4 is 12.9 Å². The third-order valence-corrected chi connectivity index (χ3v) is 4.53. The van der Waals surface area contributed by atoms with Gasteiger partial charge in [0.2, 0.25) is 0 Å². The van der Waals surface area contributed by atoms with E-state index in [2.05, 4.69) is 12.1 Å². The van der Waals surface area contributed by atoms with Crippen LogP contribution in [0.25, 0.3) is 11.1 Å². The van der Waals surface area contributed by atoms with Crippen LogP contribution in [0.2, 0.25) is 0 Å². The molecule has 0 aromatic heterocycles. The van der Waals surface area contributed by atoms with Crippen LogP contribution in [0.15, 0.2) is 42.5 Å². The highest BCUT2D eigenvalue weighted by Gasteiger charge is 2.31. The summed E-state index contributed by atoms with van der Waals surface area (Å²) in [7, 11) is -3.75. The van der Waals surface area contributed by atoms with Crippen molar-refractivity contribution in [1.82, 2.24) is 0 Å². The Kier molecular flexibility index (Phi) is 6.68. The smallest absolute Gasteiger partial charge is 0.250 e. The summed E-state index contributed by atoms with van der Waals surface area (Å²) < 4.78 is 22.6. The summed E-state index contributed by atoms with van der Waals surface area (Å²) in [6.45, 7) is 3.82. The second kappa shape index (κ2) is 8.74. The zero-order valence-corrected chi connectivity index (χ0v) is 14.3. The Balaban J connectivity index is 2.32. The van der Waals surface area contributed by atoms with Gasteiger partial charge in [0.15, 0.2) is 0 Å². The van der Waals surface area contributed by atoms with Crippen LogP contribution in [0, 0.1) is 17.4 Å². The van der Waals surface area contributed by atoms with Crippen LogP contribution in [0.3, 0.4) is 0 Å². The monoisotopic (exact) mass is 346 g/mol. The van der Waals surface area contributed by atoms with Crippen LogP contribution in [0.4, 0.5) is 0 Å². The van der Waals surface area contributed by atoms with Crippen LogP contribution < -0.4 is 5.30 Å². The zero-order chi connectivity index (χ0) is 17.4. The largest absolute Gasteiger partial charge is 0.414 e. The molecule has 0 aliphatic carbocycles. The molecular formula is C17H17NO5P. The molecule has 2 aromatic rings. The van der Waals surface area contributed by atoms with Crippen molar-refractivity contribution in [3.63, 3.8) is 0 Å². The lowest BCUT2D eigenvalue weighted by atomic mass is 10.0. The van der Waals surface area contributed by atoms with E-state index in [0.29, 0.717) is 5.56 Å². The molecule has 2 aromatic carbocycles. The van der Waals surface area contributed by atoms with Gasteiger partial charge in [0.25, 0.3) is 0 Å². The molecule has 0 N–H and O–H groups in total. The summed E-state index contributed by atoms with van der Waals surface area (Å²) >= 11 is 0.